The van der Waals surface area contributed by atoms with Gasteiger partial charge in [-0.1, -0.05) is 60.7 Å². The Kier molecular flexibility index (Phi) is 10.2. The molecule has 238 valence electrons. The Labute approximate surface area is 266 Å². The number of hydrogen-bond acceptors (Lipinski definition) is 7. The van der Waals surface area contributed by atoms with Gasteiger partial charge in [0.25, 0.3) is 0 Å². The van der Waals surface area contributed by atoms with E-state index in [2.05, 4.69) is 20.5 Å². The maximum atomic E-state index is 13.8. The number of carbonyl (C=O) groups excluding carboxylic acids is 2. The third-order valence-corrected chi connectivity index (χ3v) is 8.36. The smallest absolute Gasteiger partial charge is 0.244 e. The van der Waals surface area contributed by atoms with Crippen molar-refractivity contribution in [1.29, 1.82) is 0 Å². The fourth-order valence-corrected chi connectivity index (χ4v) is 6.24. The van der Waals surface area contributed by atoms with E-state index in [-0.39, 0.29) is 24.8 Å². The summed E-state index contributed by atoms with van der Waals surface area (Å²) in [7, 11) is 0. The van der Waals surface area contributed by atoms with Crippen LogP contribution >= 0.6 is 0 Å². The molecule has 0 unspecified atom stereocenters. The molecule has 9 heteroatoms. The lowest BCUT2D eigenvalue weighted by molar-refractivity contribution is -0.130. The normalized spacial score (nSPS) is 20.8. The van der Waals surface area contributed by atoms with Gasteiger partial charge in [0.15, 0.2) is 0 Å². The van der Waals surface area contributed by atoms with Gasteiger partial charge < -0.3 is 30.6 Å². The molecule has 45 heavy (non-hydrogen) atoms. The summed E-state index contributed by atoms with van der Waals surface area (Å²) in [4.78, 5) is 35.5. The fraction of sp³-hybridized carbons (Fsp3) is 0.417. The fourth-order valence-electron chi connectivity index (χ4n) is 6.24. The van der Waals surface area contributed by atoms with Crippen LogP contribution in [0.3, 0.4) is 0 Å². The molecule has 0 saturated heterocycles. The first-order valence-electron chi connectivity index (χ1n) is 15.7. The number of aliphatic hydroxyl groups is 2. The molecule has 2 aliphatic rings. The summed E-state index contributed by atoms with van der Waals surface area (Å²) in [6.45, 7) is 7.07. The molecule has 0 radical (unpaired) electrons. The van der Waals surface area contributed by atoms with Crippen molar-refractivity contribution in [3.63, 3.8) is 0 Å². The van der Waals surface area contributed by atoms with E-state index in [4.69, 9.17) is 0 Å². The van der Waals surface area contributed by atoms with Crippen molar-refractivity contribution < 1.29 is 19.8 Å². The molecule has 5 atom stereocenters. The zero-order valence-electron chi connectivity index (χ0n) is 26.3. The number of nitrogens with zero attached hydrogens (tertiary/aromatic N) is 3. The number of pyridine rings is 1. The second-order valence-electron chi connectivity index (χ2n) is 13.3. The van der Waals surface area contributed by atoms with Crippen molar-refractivity contribution in [3.8, 4) is 0 Å². The Morgan fingerprint density at radius 1 is 1.00 bits per heavy atom. The highest BCUT2D eigenvalue weighted by atomic mass is 16.3. The highest BCUT2D eigenvalue weighted by Crippen LogP contribution is 2.32. The molecule has 2 heterocycles. The van der Waals surface area contributed by atoms with E-state index in [0.29, 0.717) is 25.9 Å². The summed E-state index contributed by atoms with van der Waals surface area (Å²) >= 11 is 0. The van der Waals surface area contributed by atoms with Crippen molar-refractivity contribution in [1.82, 2.24) is 25.4 Å². The number of fused-ring (bicyclic) bond motifs is 1. The zero-order valence-corrected chi connectivity index (χ0v) is 26.3. The molecule has 0 fully saturated rings. The number of nitrogens with one attached hydrogen (secondary N) is 2. The van der Waals surface area contributed by atoms with Gasteiger partial charge in [-0.15, -0.1) is 0 Å². The number of β-amino-alcohol motifs (C(OH)–C–C–N with tert-alkyl or cyclic N) is 1. The second kappa shape index (κ2) is 14.3. The molecule has 4 N–H and O–H groups in total. The van der Waals surface area contributed by atoms with Gasteiger partial charge in [-0.05, 0) is 61.9 Å². The van der Waals surface area contributed by atoms with E-state index in [1.165, 1.54) is 0 Å². The minimum atomic E-state index is -0.885. The highest BCUT2D eigenvalue weighted by Gasteiger charge is 2.36. The van der Waals surface area contributed by atoms with Crippen molar-refractivity contribution in [2.75, 3.05) is 13.1 Å². The van der Waals surface area contributed by atoms with Crippen LogP contribution in [0.25, 0.3) is 0 Å². The average Bonchev–Trinajstić information content (AvgIpc) is 3.32. The summed E-state index contributed by atoms with van der Waals surface area (Å²) in [5, 5.41) is 28.4. The number of aromatic nitrogens is 1. The van der Waals surface area contributed by atoms with E-state index in [0.717, 1.165) is 22.3 Å². The number of amides is 2. The maximum absolute atomic E-state index is 13.8. The van der Waals surface area contributed by atoms with Crippen molar-refractivity contribution in [2.45, 2.75) is 76.4 Å². The first kappa shape index (κ1) is 32.2. The van der Waals surface area contributed by atoms with Crippen molar-refractivity contribution in [3.05, 3.63) is 114 Å². The lowest BCUT2D eigenvalue weighted by Gasteiger charge is -2.40. The number of rotatable bonds is 11. The zero-order chi connectivity index (χ0) is 32.0. The largest absolute Gasteiger partial charge is 0.391 e. The number of aliphatic hydroxyl groups excluding tert-OH is 2. The van der Waals surface area contributed by atoms with Crippen LogP contribution in [0, 0.1) is 5.92 Å². The van der Waals surface area contributed by atoms with Crippen molar-refractivity contribution in [2.24, 2.45) is 5.92 Å². The van der Waals surface area contributed by atoms with Crippen molar-refractivity contribution >= 4 is 11.8 Å². The quantitative estimate of drug-likeness (QED) is 0.263. The Bertz CT molecular complexity index is 1460. The number of hydrogen-bond donors (Lipinski definition) is 4. The lowest BCUT2D eigenvalue weighted by Crippen LogP contribution is -2.57. The number of carbonyl (C=O) groups is 2. The monoisotopic (exact) mass is 611 g/mol. The Morgan fingerprint density at radius 2 is 1.73 bits per heavy atom. The molecule has 2 aromatic carbocycles. The Hall–Kier alpha value is -4.21. The molecule has 2 amide bonds. The van der Waals surface area contributed by atoms with E-state index in [1.807, 2.05) is 111 Å². The van der Waals surface area contributed by atoms with Crippen LogP contribution in [0.15, 0.2) is 91.5 Å². The van der Waals surface area contributed by atoms with Crippen LogP contribution in [0.5, 0.6) is 0 Å². The molecule has 5 rings (SSSR count). The van der Waals surface area contributed by atoms with E-state index >= 15 is 0 Å². The summed E-state index contributed by atoms with van der Waals surface area (Å²) in [5.41, 5.74) is 3.57. The minimum absolute atomic E-state index is 0.122. The van der Waals surface area contributed by atoms with Crippen LogP contribution in [0.4, 0.5) is 0 Å². The van der Waals surface area contributed by atoms with Crippen LogP contribution in [0.2, 0.25) is 0 Å². The van der Waals surface area contributed by atoms with Crippen LogP contribution < -0.4 is 10.6 Å². The molecular formula is C36H45N5O4. The SMILES string of the molecule is CC(C)(C)NC(=O)[C@@H]1CN(Cc2cccnc2)C=CN1C[C@@H](O)C[C@H](Cc1ccccc1)C(=O)N[C@H]1c2ccccc2C[C@H]1O. The third kappa shape index (κ3) is 8.71. The molecular weight excluding hydrogens is 566 g/mol. The molecule has 3 aromatic rings. The van der Waals surface area contributed by atoms with Gasteiger partial charge in [0, 0.05) is 62.3 Å². The third-order valence-electron chi connectivity index (χ3n) is 8.36. The first-order valence-corrected chi connectivity index (χ1v) is 15.7. The molecule has 0 bridgehead atoms. The molecule has 1 aliphatic carbocycles. The first-order chi connectivity index (χ1) is 21.6. The summed E-state index contributed by atoms with van der Waals surface area (Å²) in [6.07, 6.45) is 6.88. The van der Waals surface area contributed by atoms with Crippen LogP contribution in [-0.4, -0.2) is 73.7 Å². The summed E-state index contributed by atoms with van der Waals surface area (Å²) < 4.78 is 0. The molecule has 1 aliphatic heterocycles. The minimum Gasteiger partial charge on any atom is -0.391 e. The van der Waals surface area contributed by atoms with Gasteiger partial charge in [-0.3, -0.25) is 14.6 Å². The molecule has 0 saturated carbocycles. The van der Waals surface area contributed by atoms with Gasteiger partial charge in [0.05, 0.1) is 18.2 Å². The van der Waals surface area contributed by atoms with Gasteiger partial charge in [0.1, 0.15) is 6.04 Å². The van der Waals surface area contributed by atoms with Gasteiger partial charge in [0.2, 0.25) is 11.8 Å². The van der Waals surface area contributed by atoms with E-state index in [1.54, 1.807) is 6.20 Å². The Balaban J connectivity index is 1.31. The predicted octanol–water partition coefficient (Wildman–Crippen LogP) is 3.34. The maximum Gasteiger partial charge on any atom is 0.244 e. The lowest BCUT2D eigenvalue weighted by atomic mass is 9.91. The van der Waals surface area contributed by atoms with E-state index in [9.17, 15) is 19.8 Å². The molecule has 9 nitrogen and oxygen atoms in total. The van der Waals surface area contributed by atoms with Crippen LogP contribution in [-0.2, 0) is 29.0 Å². The summed E-state index contributed by atoms with van der Waals surface area (Å²) in [5.74, 6) is -0.875. The predicted molar refractivity (Wildman–Crippen MR) is 173 cm³/mol. The Morgan fingerprint density at radius 3 is 2.47 bits per heavy atom. The van der Waals surface area contributed by atoms with Crippen LogP contribution in [0.1, 0.15) is 55.5 Å². The standard InChI is InChI=1S/C36H45N5O4/c1-36(2,3)39-35(45)31-24-40(22-26-12-9-15-37-21-26)16-17-41(31)23-29(42)19-28(18-25-10-5-4-6-11-25)34(44)38-33-30-14-8-7-13-27(30)20-32(33)43/h4-17,21,28-29,31-33,42-43H,18-20,22-24H2,1-3H3,(H,38,44)(H,39,45)/t28-,29-,31-,32+,33-/m0/s1. The topological polar surface area (TPSA) is 118 Å². The second-order valence-corrected chi connectivity index (χ2v) is 13.3. The van der Waals surface area contributed by atoms with Gasteiger partial charge >= 0.3 is 0 Å². The summed E-state index contributed by atoms with van der Waals surface area (Å²) in [6, 6.07) is 20.4. The van der Waals surface area contributed by atoms with Gasteiger partial charge in [-0.2, -0.15) is 0 Å². The van der Waals surface area contributed by atoms with E-state index < -0.39 is 35.7 Å². The molecule has 1 aromatic heterocycles. The molecule has 0 spiro atoms. The number of benzene rings is 2. The van der Waals surface area contributed by atoms with Gasteiger partial charge in [-0.25, -0.2) is 0 Å². The average molecular weight is 612 g/mol. The highest BCUT2D eigenvalue weighted by molar-refractivity contribution is 5.83.